The summed E-state index contributed by atoms with van der Waals surface area (Å²) >= 11 is 0. The van der Waals surface area contributed by atoms with E-state index in [-0.39, 0.29) is 11.9 Å². The van der Waals surface area contributed by atoms with Crippen molar-refractivity contribution in [2.24, 2.45) is 5.92 Å². The second-order valence-corrected chi connectivity index (χ2v) is 5.07. The summed E-state index contributed by atoms with van der Waals surface area (Å²) in [7, 11) is 0. The molecule has 0 aromatic carbocycles. The molecule has 0 radical (unpaired) electrons. The van der Waals surface area contributed by atoms with Crippen LogP contribution in [0.15, 0.2) is 24.5 Å². The number of nitrogens with one attached hydrogen (secondary N) is 1. The number of rotatable bonds is 3. The molecule has 1 N–H and O–H groups in total. The Morgan fingerprint density at radius 3 is 2.95 bits per heavy atom. The monoisotopic (exact) mass is 286 g/mol. The van der Waals surface area contributed by atoms with E-state index in [2.05, 4.69) is 15.4 Å². The molecule has 1 atom stereocenters. The number of nitrogens with zero attached hydrogens (tertiary/aromatic N) is 3. The third kappa shape index (κ3) is 2.49. The molecule has 21 heavy (non-hydrogen) atoms. The Morgan fingerprint density at radius 1 is 1.48 bits per heavy atom. The van der Waals surface area contributed by atoms with Crippen molar-refractivity contribution in [1.82, 2.24) is 14.8 Å². The highest BCUT2D eigenvalue weighted by Crippen LogP contribution is 2.30. The molecule has 1 aliphatic heterocycles. The van der Waals surface area contributed by atoms with Crippen LogP contribution < -0.4 is 5.32 Å². The lowest BCUT2D eigenvalue weighted by atomic mass is 10.1. The quantitative estimate of drug-likeness (QED) is 0.872. The first-order valence-corrected chi connectivity index (χ1v) is 7.09. The van der Waals surface area contributed by atoms with E-state index in [4.69, 9.17) is 4.74 Å². The summed E-state index contributed by atoms with van der Waals surface area (Å²) in [6, 6.07) is 3.87. The standard InChI is InChI=1S/C15H18N4O2/c1-3-21-15(20)12-8-17-14-10(2)13(18-19(14)9-12)11-4-6-16-7-5-11/h4-7,12,17H,3,8-9H2,1-2H3. The highest BCUT2D eigenvalue weighted by atomic mass is 16.5. The topological polar surface area (TPSA) is 69.0 Å². The highest BCUT2D eigenvalue weighted by Gasteiger charge is 2.28. The zero-order valence-electron chi connectivity index (χ0n) is 12.2. The van der Waals surface area contributed by atoms with Gasteiger partial charge in [-0.25, -0.2) is 4.68 Å². The lowest BCUT2D eigenvalue weighted by Gasteiger charge is -2.23. The zero-order valence-corrected chi connectivity index (χ0v) is 12.2. The number of aromatic nitrogens is 3. The van der Waals surface area contributed by atoms with E-state index < -0.39 is 0 Å². The van der Waals surface area contributed by atoms with Gasteiger partial charge in [0.1, 0.15) is 5.82 Å². The Labute approximate surface area is 123 Å². The van der Waals surface area contributed by atoms with E-state index in [1.165, 1.54) is 0 Å². The normalized spacial score (nSPS) is 17.0. The van der Waals surface area contributed by atoms with Gasteiger partial charge in [0.05, 0.1) is 24.8 Å². The summed E-state index contributed by atoms with van der Waals surface area (Å²) in [5.74, 6) is 0.610. The number of carbonyl (C=O) groups is 1. The maximum absolute atomic E-state index is 11.9. The first-order valence-electron chi connectivity index (χ1n) is 7.09. The molecule has 0 bridgehead atoms. The molecule has 6 heteroatoms. The summed E-state index contributed by atoms with van der Waals surface area (Å²) in [6.45, 7) is 5.39. The number of esters is 1. The molecular formula is C15H18N4O2. The highest BCUT2D eigenvalue weighted by molar-refractivity contribution is 5.75. The fourth-order valence-electron chi connectivity index (χ4n) is 2.60. The largest absolute Gasteiger partial charge is 0.466 e. The summed E-state index contributed by atoms with van der Waals surface area (Å²) in [5.41, 5.74) is 3.03. The van der Waals surface area contributed by atoms with Crippen molar-refractivity contribution in [2.75, 3.05) is 18.5 Å². The number of ether oxygens (including phenoxy) is 1. The minimum Gasteiger partial charge on any atom is -0.466 e. The molecule has 2 aromatic rings. The minimum absolute atomic E-state index is 0.172. The van der Waals surface area contributed by atoms with E-state index in [9.17, 15) is 4.79 Å². The Kier molecular flexibility index (Phi) is 3.60. The van der Waals surface area contributed by atoms with E-state index in [1.807, 2.05) is 30.7 Å². The van der Waals surface area contributed by atoms with Gasteiger partial charge < -0.3 is 10.1 Å². The molecule has 0 spiro atoms. The summed E-state index contributed by atoms with van der Waals surface area (Å²) in [4.78, 5) is 15.9. The SMILES string of the molecule is CCOC(=O)C1CNc2c(C)c(-c3ccncc3)nn2C1. The number of hydrogen-bond acceptors (Lipinski definition) is 5. The van der Waals surface area contributed by atoms with Crippen molar-refractivity contribution in [2.45, 2.75) is 20.4 Å². The van der Waals surface area contributed by atoms with Gasteiger partial charge in [-0.05, 0) is 26.0 Å². The van der Waals surface area contributed by atoms with Gasteiger partial charge >= 0.3 is 5.97 Å². The van der Waals surface area contributed by atoms with Crippen LogP contribution in [0.5, 0.6) is 0 Å². The summed E-state index contributed by atoms with van der Waals surface area (Å²) in [6.07, 6.45) is 3.50. The van der Waals surface area contributed by atoms with Crippen molar-refractivity contribution in [3.05, 3.63) is 30.1 Å². The van der Waals surface area contributed by atoms with E-state index >= 15 is 0 Å². The van der Waals surface area contributed by atoms with Crippen LogP contribution >= 0.6 is 0 Å². The fraction of sp³-hybridized carbons (Fsp3) is 0.400. The van der Waals surface area contributed by atoms with Gasteiger partial charge in [-0.3, -0.25) is 9.78 Å². The molecule has 3 heterocycles. The third-order valence-corrected chi connectivity index (χ3v) is 3.67. The average Bonchev–Trinajstić information content (AvgIpc) is 2.85. The van der Waals surface area contributed by atoms with Crippen molar-refractivity contribution in [3.8, 4) is 11.3 Å². The maximum Gasteiger partial charge on any atom is 0.312 e. The molecule has 0 fully saturated rings. The molecule has 0 saturated heterocycles. The van der Waals surface area contributed by atoms with Gasteiger partial charge in [0, 0.05) is 30.1 Å². The molecule has 2 aromatic heterocycles. The molecule has 3 rings (SSSR count). The minimum atomic E-state index is -0.193. The predicted octanol–water partition coefficient (Wildman–Crippen LogP) is 1.86. The molecule has 1 unspecified atom stereocenters. The third-order valence-electron chi connectivity index (χ3n) is 3.67. The summed E-state index contributed by atoms with van der Waals surface area (Å²) < 4.78 is 6.95. The van der Waals surface area contributed by atoms with Crippen LogP contribution in [0.4, 0.5) is 5.82 Å². The number of pyridine rings is 1. The van der Waals surface area contributed by atoms with Crippen molar-refractivity contribution < 1.29 is 9.53 Å². The molecule has 110 valence electrons. The number of fused-ring (bicyclic) bond motifs is 1. The van der Waals surface area contributed by atoms with Crippen LogP contribution in [0.1, 0.15) is 12.5 Å². The molecule has 0 saturated carbocycles. The molecule has 0 amide bonds. The van der Waals surface area contributed by atoms with Crippen LogP contribution in [-0.2, 0) is 16.1 Å². The molecule has 1 aliphatic rings. The molecule has 0 aliphatic carbocycles. The second kappa shape index (κ2) is 5.55. The van der Waals surface area contributed by atoms with Gasteiger partial charge in [-0.2, -0.15) is 5.10 Å². The van der Waals surface area contributed by atoms with Crippen molar-refractivity contribution in [3.63, 3.8) is 0 Å². The van der Waals surface area contributed by atoms with Gasteiger partial charge in [0.15, 0.2) is 0 Å². The van der Waals surface area contributed by atoms with Gasteiger partial charge in [0.25, 0.3) is 0 Å². The summed E-state index contributed by atoms with van der Waals surface area (Å²) in [5, 5.41) is 7.93. The van der Waals surface area contributed by atoms with Crippen molar-refractivity contribution >= 4 is 11.8 Å². The van der Waals surface area contributed by atoms with Crippen LogP contribution in [0, 0.1) is 12.8 Å². The van der Waals surface area contributed by atoms with Crippen LogP contribution in [0.2, 0.25) is 0 Å². The Balaban J connectivity index is 1.89. The Morgan fingerprint density at radius 2 is 2.24 bits per heavy atom. The fourth-order valence-corrected chi connectivity index (χ4v) is 2.60. The van der Waals surface area contributed by atoms with Gasteiger partial charge in [0.2, 0.25) is 0 Å². The van der Waals surface area contributed by atoms with Crippen LogP contribution in [0.25, 0.3) is 11.3 Å². The first kappa shape index (κ1) is 13.6. The maximum atomic E-state index is 11.9. The van der Waals surface area contributed by atoms with E-state index in [1.54, 1.807) is 12.4 Å². The zero-order chi connectivity index (χ0) is 14.8. The van der Waals surface area contributed by atoms with Crippen LogP contribution in [-0.4, -0.2) is 33.9 Å². The number of hydrogen-bond donors (Lipinski definition) is 1. The second-order valence-electron chi connectivity index (χ2n) is 5.07. The van der Waals surface area contributed by atoms with Gasteiger partial charge in [-0.1, -0.05) is 0 Å². The predicted molar refractivity (Wildman–Crippen MR) is 78.8 cm³/mol. The molecule has 6 nitrogen and oxygen atoms in total. The van der Waals surface area contributed by atoms with Crippen LogP contribution in [0.3, 0.4) is 0 Å². The van der Waals surface area contributed by atoms with Crippen molar-refractivity contribution in [1.29, 1.82) is 0 Å². The van der Waals surface area contributed by atoms with E-state index in [0.717, 1.165) is 22.6 Å². The smallest absolute Gasteiger partial charge is 0.312 e. The van der Waals surface area contributed by atoms with E-state index in [0.29, 0.717) is 19.7 Å². The average molecular weight is 286 g/mol. The Hall–Kier alpha value is -2.37. The van der Waals surface area contributed by atoms with Gasteiger partial charge in [-0.15, -0.1) is 0 Å². The lowest BCUT2D eigenvalue weighted by Crippen LogP contribution is -2.34. The first-order chi connectivity index (χ1) is 10.2. The Bertz CT molecular complexity index is 651. The number of carbonyl (C=O) groups excluding carboxylic acids is 1. The molecular weight excluding hydrogens is 268 g/mol. The lowest BCUT2D eigenvalue weighted by molar-refractivity contribution is -0.148. The number of anilines is 1.